The summed E-state index contributed by atoms with van der Waals surface area (Å²) in [4.78, 5) is 25.9. The molecular formula is C16H21NO4. The van der Waals surface area contributed by atoms with Crippen molar-refractivity contribution in [3.05, 3.63) is 23.2 Å². The zero-order valence-electron chi connectivity index (χ0n) is 12.5. The normalized spacial score (nSPS) is 28.5. The van der Waals surface area contributed by atoms with Crippen LogP contribution in [0.2, 0.25) is 0 Å². The maximum Gasteiger partial charge on any atom is 0.326 e. The summed E-state index contributed by atoms with van der Waals surface area (Å²) in [5.74, 6) is 0.124. The van der Waals surface area contributed by atoms with Crippen LogP contribution in [-0.4, -0.2) is 34.0 Å². The van der Waals surface area contributed by atoms with Gasteiger partial charge in [-0.1, -0.05) is 12.8 Å². The van der Waals surface area contributed by atoms with Gasteiger partial charge in [-0.2, -0.15) is 0 Å². The minimum absolute atomic E-state index is 0.0538. The monoisotopic (exact) mass is 291 g/mol. The van der Waals surface area contributed by atoms with Crippen LogP contribution >= 0.6 is 0 Å². The number of hydrogen-bond acceptors (Lipinski definition) is 3. The third-order valence-electron chi connectivity index (χ3n) is 4.98. The van der Waals surface area contributed by atoms with Gasteiger partial charge in [-0.05, 0) is 50.7 Å². The molecule has 0 unspecified atom stereocenters. The predicted octanol–water partition coefficient (Wildman–Crippen LogP) is 2.75. The lowest BCUT2D eigenvalue weighted by molar-refractivity contribution is -0.141. The van der Waals surface area contributed by atoms with E-state index >= 15 is 0 Å². The van der Waals surface area contributed by atoms with Crippen molar-refractivity contribution in [2.24, 2.45) is 5.92 Å². The zero-order valence-corrected chi connectivity index (χ0v) is 12.5. The summed E-state index contributed by atoms with van der Waals surface area (Å²) < 4.78 is 5.51. The average molecular weight is 291 g/mol. The molecule has 2 heterocycles. The van der Waals surface area contributed by atoms with Crippen LogP contribution in [0.4, 0.5) is 0 Å². The molecule has 2 fully saturated rings. The highest BCUT2D eigenvalue weighted by molar-refractivity contribution is 5.95. The second-order valence-corrected chi connectivity index (χ2v) is 6.26. The SMILES string of the molecule is Cc1cc(C(=O)N2[C@@H]3CCCC[C@H]3C[C@H]2C(=O)O)oc1C. The van der Waals surface area contributed by atoms with Gasteiger partial charge in [0, 0.05) is 6.04 Å². The van der Waals surface area contributed by atoms with E-state index in [2.05, 4.69) is 0 Å². The van der Waals surface area contributed by atoms with E-state index in [1.54, 1.807) is 11.0 Å². The second-order valence-electron chi connectivity index (χ2n) is 6.26. The highest BCUT2D eigenvalue weighted by atomic mass is 16.4. The summed E-state index contributed by atoms with van der Waals surface area (Å²) in [6.07, 6.45) is 4.69. The molecule has 21 heavy (non-hydrogen) atoms. The van der Waals surface area contributed by atoms with Crippen LogP contribution in [-0.2, 0) is 4.79 Å². The molecule has 5 nitrogen and oxygen atoms in total. The zero-order chi connectivity index (χ0) is 15.1. The molecule has 5 heteroatoms. The van der Waals surface area contributed by atoms with E-state index < -0.39 is 12.0 Å². The smallest absolute Gasteiger partial charge is 0.326 e. The third kappa shape index (κ3) is 2.34. The summed E-state index contributed by atoms with van der Waals surface area (Å²) in [5, 5.41) is 9.46. The van der Waals surface area contributed by atoms with E-state index in [4.69, 9.17) is 4.42 Å². The van der Waals surface area contributed by atoms with Gasteiger partial charge in [-0.15, -0.1) is 0 Å². The summed E-state index contributed by atoms with van der Waals surface area (Å²) in [6.45, 7) is 3.70. The van der Waals surface area contributed by atoms with Crippen LogP contribution in [0.3, 0.4) is 0 Å². The number of aliphatic carboxylic acids is 1. The van der Waals surface area contributed by atoms with E-state index in [9.17, 15) is 14.7 Å². The standard InChI is InChI=1S/C16H21NO4/c1-9-7-14(21-10(9)2)15(18)17-12-6-4-3-5-11(12)8-13(17)16(19)20/h7,11-13H,3-6,8H2,1-2H3,(H,19,20)/t11-,12+,13-/m0/s1. The Kier molecular flexibility index (Phi) is 3.51. The van der Waals surface area contributed by atoms with Crippen LogP contribution in [0.5, 0.6) is 0 Å². The van der Waals surface area contributed by atoms with Crippen LogP contribution in [0.25, 0.3) is 0 Å². The molecule has 1 saturated carbocycles. The number of furan rings is 1. The number of carbonyl (C=O) groups is 2. The van der Waals surface area contributed by atoms with Gasteiger partial charge in [0.25, 0.3) is 5.91 Å². The Morgan fingerprint density at radius 3 is 2.62 bits per heavy atom. The fraction of sp³-hybridized carbons (Fsp3) is 0.625. The molecule has 114 valence electrons. The first-order valence-electron chi connectivity index (χ1n) is 7.61. The molecule has 1 aliphatic carbocycles. The predicted molar refractivity (Wildman–Crippen MR) is 76.1 cm³/mol. The number of fused-ring (bicyclic) bond motifs is 1. The maximum absolute atomic E-state index is 12.8. The minimum atomic E-state index is -0.905. The van der Waals surface area contributed by atoms with Crippen LogP contribution in [0.1, 0.15) is 54.0 Å². The van der Waals surface area contributed by atoms with Gasteiger partial charge in [0.1, 0.15) is 11.8 Å². The van der Waals surface area contributed by atoms with Crippen molar-refractivity contribution >= 4 is 11.9 Å². The Morgan fingerprint density at radius 2 is 2.00 bits per heavy atom. The summed E-state index contributed by atoms with van der Waals surface area (Å²) >= 11 is 0. The largest absolute Gasteiger partial charge is 0.480 e. The summed E-state index contributed by atoms with van der Waals surface area (Å²) in [7, 11) is 0. The van der Waals surface area contributed by atoms with Crippen LogP contribution < -0.4 is 0 Å². The van der Waals surface area contributed by atoms with Gasteiger partial charge in [0.2, 0.25) is 0 Å². The molecule has 0 radical (unpaired) electrons. The Morgan fingerprint density at radius 1 is 1.29 bits per heavy atom. The molecule has 1 aromatic rings. The van der Waals surface area contributed by atoms with Crippen molar-refractivity contribution in [3.63, 3.8) is 0 Å². The van der Waals surface area contributed by atoms with E-state index in [-0.39, 0.29) is 17.7 Å². The first-order chi connectivity index (χ1) is 9.99. The van der Waals surface area contributed by atoms with Gasteiger partial charge in [-0.25, -0.2) is 4.79 Å². The van der Waals surface area contributed by atoms with Crippen LogP contribution in [0.15, 0.2) is 10.5 Å². The molecule has 2 aliphatic rings. The van der Waals surface area contributed by atoms with Gasteiger partial charge in [0.15, 0.2) is 5.76 Å². The highest BCUT2D eigenvalue weighted by Crippen LogP contribution is 2.40. The number of nitrogens with zero attached hydrogens (tertiary/aromatic N) is 1. The highest BCUT2D eigenvalue weighted by Gasteiger charge is 2.48. The average Bonchev–Trinajstić information content (AvgIpc) is 2.99. The fourth-order valence-electron chi connectivity index (χ4n) is 3.78. The number of carbonyl (C=O) groups excluding carboxylic acids is 1. The molecule has 0 aromatic carbocycles. The Bertz CT molecular complexity index is 557. The van der Waals surface area contributed by atoms with Gasteiger partial charge in [-0.3, -0.25) is 4.79 Å². The lowest BCUT2D eigenvalue weighted by Gasteiger charge is -2.32. The second kappa shape index (κ2) is 5.20. The molecule has 3 rings (SSSR count). The molecule has 1 saturated heterocycles. The van der Waals surface area contributed by atoms with Gasteiger partial charge < -0.3 is 14.4 Å². The van der Waals surface area contributed by atoms with Gasteiger partial charge in [0.05, 0.1) is 0 Å². The Labute approximate surface area is 123 Å². The molecule has 1 aromatic heterocycles. The fourth-order valence-corrected chi connectivity index (χ4v) is 3.78. The Hall–Kier alpha value is -1.78. The first-order valence-corrected chi connectivity index (χ1v) is 7.61. The van der Waals surface area contributed by atoms with Gasteiger partial charge >= 0.3 is 5.97 Å². The van der Waals surface area contributed by atoms with E-state index in [0.717, 1.165) is 31.2 Å². The molecule has 1 N–H and O–H groups in total. The van der Waals surface area contributed by atoms with Crippen molar-refractivity contribution in [3.8, 4) is 0 Å². The number of likely N-dealkylation sites (tertiary alicyclic amines) is 1. The number of aryl methyl sites for hydroxylation is 2. The number of carboxylic acids is 1. The number of rotatable bonds is 2. The van der Waals surface area contributed by atoms with E-state index in [0.29, 0.717) is 18.1 Å². The molecule has 0 spiro atoms. The maximum atomic E-state index is 12.8. The topological polar surface area (TPSA) is 70.8 Å². The van der Waals surface area contributed by atoms with Crippen molar-refractivity contribution in [1.82, 2.24) is 4.90 Å². The first kappa shape index (κ1) is 14.2. The molecule has 0 bridgehead atoms. The molecule has 1 aliphatic heterocycles. The quantitative estimate of drug-likeness (QED) is 0.909. The number of carboxylic acid groups (broad SMARTS) is 1. The molecule has 3 atom stereocenters. The molecule has 1 amide bonds. The lowest BCUT2D eigenvalue weighted by Crippen LogP contribution is -2.46. The van der Waals surface area contributed by atoms with Crippen molar-refractivity contribution < 1.29 is 19.1 Å². The van der Waals surface area contributed by atoms with Crippen molar-refractivity contribution in [1.29, 1.82) is 0 Å². The summed E-state index contributed by atoms with van der Waals surface area (Å²) in [6, 6.07) is 1.06. The Balaban J connectivity index is 1.92. The minimum Gasteiger partial charge on any atom is -0.480 e. The van der Waals surface area contributed by atoms with Crippen molar-refractivity contribution in [2.45, 2.75) is 58.0 Å². The van der Waals surface area contributed by atoms with Crippen molar-refractivity contribution in [2.75, 3.05) is 0 Å². The molecular weight excluding hydrogens is 270 g/mol. The number of amides is 1. The van der Waals surface area contributed by atoms with Crippen LogP contribution in [0, 0.1) is 19.8 Å². The lowest BCUT2D eigenvalue weighted by atomic mass is 9.84. The van der Waals surface area contributed by atoms with E-state index in [1.807, 2.05) is 13.8 Å². The third-order valence-corrected chi connectivity index (χ3v) is 4.98. The summed E-state index contributed by atoms with van der Waals surface area (Å²) in [5.41, 5.74) is 0.921. The number of hydrogen-bond donors (Lipinski definition) is 1. The van der Waals surface area contributed by atoms with E-state index in [1.165, 1.54) is 0 Å².